The molecule has 0 heterocycles. The van der Waals surface area contributed by atoms with Gasteiger partial charge in [-0.25, -0.2) is 9.79 Å². The lowest BCUT2D eigenvalue weighted by Gasteiger charge is -1.98. The van der Waals surface area contributed by atoms with E-state index in [4.69, 9.17) is 0 Å². The number of ether oxygens (including phenoxy) is 1. The van der Waals surface area contributed by atoms with Gasteiger partial charge in [0.05, 0.1) is 13.7 Å². The first-order valence-corrected chi connectivity index (χ1v) is 4.41. The van der Waals surface area contributed by atoms with Crippen LogP contribution in [0.5, 0.6) is 0 Å². The van der Waals surface area contributed by atoms with Gasteiger partial charge in [0.2, 0.25) is 6.08 Å². The van der Waals surface area contributed by atoms with Crippen LogP contribution in [-0.4, -0.2) is 25.7 Å². The van der Waals surface area contributed by atoms with Gasteiger partial charge in [-0.2, -0.15) is 0 Å². The van der Waals surface area contributed by atoms with E-state index in [9.17, 15) is 9.59 Å². The average Bonchev–Trinajstić information content (AvgIpc) is 2.16. The van der Waals surface area contributed by atoms with Crippen LogP contribution in [0.4, 0.5) is 0 Å². The maximum Gasteiger partial charge on any atom is 0.305 e. The molecule has 0 saturated carbocycles. The molecule has 0 rings (SSSR count). The number of esters is 1. The van der Waals surface area contributed by atoms with Gasteiger partial charge in [0.25, 0.3) is 0 Å². The summed E-state index contributed by atoms with van der Waals surface area (Å²) >= 11 is 0. The molecule has 0 aliphatic heterocycles. The molecule has 0 aromatic heterocycles. The van der Waals surface area contributed by atoms with E-state index in [1.54, 1.807) is 0 Å². The Balaban J connectivity index is 3.08. The van der Waals surface area contributed by atoms with Gasteiger partial charge in [0.1, 0.15) is 0 Å². The van der Waals surface area contributed by atoms with Crippen molar-refractivity contribution in [2.24, 2.45) is 4.99 Å². The van der Waals surface area contributed by atoms with Crippen LogP contribution >= 0.6 is 0 Å². The number of carbonyl (C=O) groups is 1. The number of unbranched alkanes of at least 4 members (excludes halogenated alkanes) is 3. The van der Waals surface area contributed by atoms with Gasteiger partial charge in [-0.1, -0.05) is 12.8 Å². The zero-order valence-electron chi connectivity index (χ0n) is 7.91. The monoisotopic (exact) mass is 185 g/mol. The third-order valence-corrected chi connectivity index (χ3v) is 1.69. The zero-order chi connectivity index (χ0) is 9.94. The number of hydrogen-bond acceptors (Lipinski definition) is 4. The van der Waals surface area contributed by atoms with Crippen molar-refractivity contribution in [1.29, 1.82) is 0 Å². The first-order chi connectivity index (χ1) is 6.31. The van der Waals surface area contributed by atoms with E-state index in [0.29, 0.717) is 13.0 Å². The second-order valence-corrected chi connectivity index (χ2v) is 2.71. The number of hydrogen-bond donors (Lipinski definition) is 0. The van der Waals surface area contributed by atoms with Crippen LogP contribution in [0.3, 0.4) is 0 Å². The molecule has 0 amide bonds. The Bertz CT molecular complexity index is 185. The highest BCUT2D eigenvalue weighted by atomic mass is 16.5. The summed E-state index contributed by atoms with van der Waals surface area (Å²) in [5, 5.41) is 0. The molecule has 4 heteroatoms. The summed E-state index contributed by atoms with van der Waals surface area (Å²) in [6.07, 6.45) is 5.66. The van der Waals surface area contributed by atoms with Gasteiger partial charge in [-0.15, -0.1) is 0 Å². The molecule has 0 spiro atoms. The lowest BCUT2D eigenvalue weighted by atomic mass is 10.1. The van der Waals surface area contributed by atoms with Crippen LogP contribution in [0.2, 0.25) is 0 Å². The minimum absolute atomic E-state index is 0.161. The predicted molar refractivity (Wildman–Crippen MR) is 48.1 cm³/mol. The van der Waals surface area contributed by atoms with E-state index in [1.165, 1.54) is 13.2 Å². The summed E-state index contributed by atoms with van der Waals surface area (Å²) in [6.45, 7) is 0.543. The largest absolute Gasteiger partial charge is 0.469 e. The van der Waals surface area contributed by atoms with E-state index in [0.717, 1.165) is 25.7 Å². The first kappa shape index (κ1) is 11.8. The highest BCUT2D eigenvalue weighted by Crippen LogP contribution is 2.03. The van der Waals surface area contributed by atoms with Crippen molar-refractivity contribution in [2.75, 3.05) is 13.7 Å². The fourth-order valence-electron chi connectivity index (χ4n) is 0.961. The van der Waals surface area contributed by atoms with Crippen LogP contribution in [0.1, 0.15) is 32.1 Å². The van der Waals surface area contributed by atoms with Crippen LogP contribution in [0.15, 0.2) is 4.99 Å². The second kappa shape index (κ2) is 8.94. The SMILES string of the molecule is COC(=O)CCCCCCN=C=O. The predicted octanol–water partition coefficient (Wildman–Crippen LogP) is 1.45. The van der Waals surface area contributed by atoms with Gasteiger partial charge in [0, 0.05) is 6.42 Å². The Morgan fingerprint density at radius 3 is 2.62 bits per heavy atom. The lowest BCUT2D eigenvalue weighted by Crippen LogP contribution is -1.99. The topological polar surface area (TPSA) is 55.7 Å². The third kappa shape index (κ3) is 8.76. The summed E-state index contributed by atoms with van der Waals surface area (Å²) < 4.78 is 4.49. The van der Waals surface area contributed by atoms with E-state index in [2.05, 4.69) is 9.73 Å². The zero-order valence-corrected chi connectivity index (χ0v) is 7.91. The minimum Gasteiger partial charge on any atom is -0.469 e. The summed E-state index contributed by atoms with van der Waals surface area (Å²) in [6, 6.07) is 0. The van der Waals surface area contributed by atoms with Gasteiger partial charge in [-0.3, -0.25) is 4.79 Å². The number of isocyanates is 1. The van der Waals surface area contributed by atoms with Gasteiger partial charge in [0.15, 0.2) is 0 Å². The average molecular weight is 185 g/mol. The smallest absolute Gasteiger partial charge is 0.305 e. The Labute approximate surface area is 78.0 Å². The fourth-order valence-corrected chi connectivity index (χ4v) is 0.961. The number of aliphatic imine (C=N–C) groups is 1. The van der Waals surface area contributed by atoms with E-state index in [-0.39, 0.29) is 5.97 Å². The van der Waals surface area contributed by atoms with Crippen LogP contribution < -0.4 is 0 Å². The van der Waals surface area contributed by atoms with Crippen LogP contribution in [0.25, 0.3) is 0 Å². The summed E-state index contributed by atoms with van der Waals surface area (Å²) in [5.41, 5.74) is 0. The quantitative estimate of drug-likeness (QED) is 0.261. The Morgan fingerprint density at radius 2 is 2.00 bits per heavy atom. The number of nitrogens with zero attached hydrogens (tertiary/aromatic N) is 1. The standard InChI is InChI=1S/C9H15NO3/c1-13-9(12)6-4-2-3-5-7-10-8-11/h2-7H2,1H3. The van der Waals surface area contributed by atoms with Gasteiger partial charge >= 0.3 is 5.97 Å². The van der Waals surface area contributed by atoms with Crippen molar-refractivity contribution in [3.05, 3.63) is 0 Å². The normalized spacial score (nSPS) is 9.00. The van der Waals surface area contributed by atoms with Crippen molar-refractivity contribution in [3.63, 3.8) is 0 Å². The van der Waals surface area contributed by atoms with Crippen LogP contribution in [-0.2, 0) is 14.3 Å². The molecule has 0 aliphatic rings. The molecule has 0 saturated heterocycles. The van der Waals surface area contributed by atoms with Gasteiger partial charge < -0.3 is 4.74 Å². The number of carbonyl (C=O) groups excluding carboxylic acids is 2. The molecule has 74 valence electrons. The Kier molecular flexibility index (Phi) is 8.15. The maximum absolute atomic E-state index is 10.7. The van der Waals surface area contributed by atoms with Crippen molar-refractivity contribution in [2.45, 2.75) is 32.1 Å². The van der Waals surface area contributed by atoms with E-state index < -0.39 is 0 Å². The lowest BCUT2D eigenvalue weighted by molar-refractivity contribution is -0.140. The molecule has 0 aromatic rings. The van der Waals surface area contributed by atoms with Crippen LogP contribution in [0, 0.1) is 0 Å². The van der Waals surface area contributed by atoms with Crippen molar-refractivity contribution in [3.8, 4) is 0 Å². The highest BCUT2D eigenvalue weighted by molar-refractivity contribution is 5.68. The molecule has 0 unspecified atom stereocenters. The molecular weight excluding hydrogens is 170 g/mol. The van der Waals surface area contributed by atoms with Crippen molar-refractivity contribution < 1.29 is 14.3 Å². The Morgan fingerprint density at radius 1 is 1.31 bits per heavy atom. The molecule has 0 aromatic carbocycles. The summed E-state index contributed by atoms with van der Waals surface area (Å²) in [5.74, 6) is -0.161. The fraction of sp³-hybridized carbons (Fsp3) is 0.778. The molecule has 13 heavy (non-hydrogen) atoms. The number of rotatable bonds is 7. The number of methoxy groups -OCH3 is 1. The first-order valence-electron chi connectivity index (χ1n) is 4.41. The van der Waals surface area contributed by atoms with Crippen molar-refractivity contribution in [1.82, 2.24) is 0 Å². The molecule has 0 radical (unpaired) electrons. The Hall–Kier alpha value is -1.15. The summed E-state index contributed by atoms with van der Waals surface area (Å²) in [7, 11) is 1.39. The van der Waals surface area contributed by atoms with E-state index in [1.807, 2.05) is 0 Å². The minimum atomic E-state index is -0.161. The molecule has 4 nitrogen and oxygen atoms in total. The molecule has 0 atom stereocenters. The molecule has 0 N–H and O–H groups in total. The van der Waals surface area contributed by atoms with Gasteiger partial charge in [-0.05, 0) is 12.8 Å². The molecule has 0 fully saturated rings. The third-order valence-electron chi connectivity index (χ3n) is 1.69. The van der Waals surface area contributed by atoms with E-state index >= 15 is 0 Å². The van der Waals surface area contributed by atoms with Crippen molar-refractivity contribution >= 4 is 12.0 Å². The summed E-state index contributed by atoms with van der Waals surface area (Å²) in [4.78, 5) is 23.7. The maximum atomic E-state index is 10.7. The molecule has 0 bridgehead atoms. The highest BCUT2D eigenvalue weighted by Gasteiger charge is 1.98. The molecule has 0 aliphatic carbocycles. The molecular formula is C9H15NO3. The second-order valence-electron chi connectivity index (χ2n) is 2.71.